The van der Waals surface area contributed by atoms with E-state index in [9.17, 15) is 4.79 Å². The van der Waals surface area contributed by atoms with Crippen LogP contribution in [0.25, 0.3) is 0 Å². The van der Waals surface area contributed by atoms with E-state index in [1.54, 1.807) is 6.20 Å². The molecule has 1 saturated carbocycles. The molecule has 1 aromatic rings. The zero-order chi connectivity index (χ0) is 12.3. The third kappa shape index (κ3) is 3.50. The lowest BCUT2D eigenvalue weighted by Gasteiger charge is -2.19. The van der Waals surface area contributed by atoms with Gasteiger partial charge < -0.3 is 11.1 Å². The number of hydrogen-bond acceptors (Lipinski definition) is 4. The van der Waals surface area contributed by atoms with Crippen LogP contribution in [-0.2, 0) is 4.79 Å². The Balaban J connectivity index is 1.98. The van der Waals surface area contributed by atoms with Gasteiger partial charge in [0.15, 0.2) is 5.13 Å². The van der Waals surface area contributed by atoms with E-state index >= 15 is 0 Å². The molecular formula is C11H16BrN3OS. The van der Waals surface area contributed by atoms with E-state index < -0.39 is 0 Å². The highest BCUT2D eigenvalue weighted by molar-refractivity contribution is 9.11. The van der Waals surface area contributed by atoms with Gasteiger partial charge in [-0.2, -0.15) is 0 Å². The predicted octanol–water partition coefficient (Wildman–Crippen LogP) is 2.75. The van der Waals surface area contributed by atoms with Crippen LogP contribution in [0.1, 0.15) is 32.1 Å². The van der Waals surface area contributed by atoms with Crippen molar-refractivity contribution in [2.45, 2.75) is 38.1 Å². The third-order valence-electron chi connectivity index (χ3n) is 3.11. The molecular weight excluding hydrogens is 302 g/mol. The van der Waals surface area contributed by atoms with Crippen molar-refractivity contribution < 1.29 is 4.79 Å². The number of nitrogens with two attached hydrogens (primary N) is 1. The minimum absolute atomic E-state index is 0.0131. The van der Waals surface area contributed by atoms with Gasteiger partial charge in [0.1, 0.15) is 0 Å². The first-order valence-corrected chi connectivity index (χ1v) is 7.45. The number of nitrogens with zero attached hydrogens (tertiary/aromatic N) is 1. The molecule has 94 valence electrons. The highest BCUT2D eigenvalue weighted by Gasteiger charge is 2.27. The van der Waals surface area contributed by atoms with E-state index in [4.69, 9.17) is 5.73 Å². The van der Waals surface area contributed by atoms with E-state index in [1.165, 1.54) is 17.8 Å². The zero-order valence-corrected chi connectivity index (χ0v) is 11.9. The number of aromatic nitrogens is 1. The Labute approximate surface area is 113 Å². The molecule has 17 heavy (non-hydrogen) atoms. The lowest BCUT2D eigenvalue weighted by Crippen LogP contribution is -2.37. The quantitative estimate of drug-likeness (QED) is 0.824. The summed E-state index contributed by atoms with van der Waals surface area (Å²) in [5.74, 6) is -0.0542. The first kappa shape index (κ1) is 13.0. The minimum atomic E-state index is -0.0693. The molecule has 2 unspecified atom stereocenters. The molecule has 0 radical (unpaired) electrons. The number of rotatable bonds is 2. The van der Waals surface area contributed by atoms with Gasteiger partial charge >= 0.3 is 0 Å². The van der Waals surface area contributed by atoms with Crippen molar-refractivity contribution in [3.05, 3.63) is 9.98 Å². The lowest BCUT2D eigenvalue weighted by atomic mass is 9.95. The summed E-state index contributed by atoms with van der Waals surface area (Å²) in [5.41, 5.74) is 6.05. The number of amides is 1. The van der Waals surface area contributed by atoms with Gasteiger partial charge in [-0.3, -0.25) is 4.79 Å². The summed E-state index contributed by atoms with van der Waals surface area (Å²) in [5, 5.41) is 3.49. The lowest BCUT2D eigenvalue weighted by molar-refractivity contribution is -0.120. The van der Waals surface area contributed by atoms with Gasteiger partial charge in [0.25, 0.3) is 0 Å². The Kier molecular flexibility index (Phi) is 4.53. The predicted molar refractivity (Wildman–Crippen MR) is 73.0 cm³/mol. The standard InChI is InChI=1S/C11H16BrN3OS/c12-9-6-14-11(17-9)15-10(16)7-4-2-1-3-5-8(7)13/h6-8H,1-5,13H2,(H,14,15,16). The van der Waals surface area contributed by atoms with Crippen LogP contribution in [-0.4, -0.2) is 16.9 Å². The fraction of sp³-hybridized carbons (Fsp3) is 0.636. The second-order valence-corrected chi connectivity index (χ2v) is 6.78. The Morgan fingerprint density at radius 3 is 2.94 bits per heavy atom. The molecule has 6 heteroatoms. The van der Waals surface area contributed by atoms with Crippen LogP contribution in [0.2, 0.25) is 0 Å². The summed E-state index contributed by atoms with van der Waals surface area (Å²) < 4.78 is 0.915. The van der Waals surface area contributed by atoms with Gasteiger partial charge in [0, 0.05) is 6.04 Å². The zero-order valence-electron chi connectivity index (χ0n) is 9.49. The maximum atomic E-state index is 12.1. The van der Waals surface area contributed by atoms with E-state index in [0.717, 1.165) is 29.5 Å². The van der Waals surface area contributed by atoms with E-state index in [2.05, 4.69) is 26.2 Å². The summed E-state index contributed by atoms with van der Waals surface area (Å²) in [4.78, 5) is 16.2. The fourth-order valence-electron chi connectivity index (χ4n) is 2.17. The number of nitrogens with one attached hydrogen (secondary N) is 1. The Morgan fingerprint density at radius 1 is 1.47 bits per heavy atom. The maximum absolute atomic E-state index is 12.1. The number of carbonyl (C=O) groups is 1. The van der Waals surface area contributed by atoms with Gasteiger partial charge in [-0.05, 0) is 28.8 Å². The van der Waals surface area contributed by atoms with Crippen LogP contribution in [0.15, 0.2) is 9.98 Å². The molecule has 0 spiro atoms. The molecule has 1 aliphatic carbocycles. The maximum Gasteiger partial charge on any atom is 0.230 e. The summed E-state index contributed by atoms with van der Waals surface area (Å²) in [6, 6.07) is -0.0131. The monoisotopic (exact) mass is 317 g/mol. The van der Waals surface area contributed by atoms with Gasteiger partial charge in [-0.15, -0.1) is 0 Å². The Morgan fingerprint density at radius 2 is 2.24 bits per heavy atom. The van der Waals surface area contributed by atoms with Crippen molar-refractivity contribution in [3.63, 3.8) is 0 Å². The molecule has 0 aromatic carbocycles. The van der Waals surface area contributed by atoms with Crippen molar-refractivity contribution in [1.82, 2.24) is 4.98 Å². The molecule has 3 N–H and O–H groups in total. The highest BCUT2D eigenvalue weighted by atomic mass is 79.9. The molecule has 0 bridgehead atoms. The molecule has 1 amide bonds. The van der Waals surface area contributed by atoms with Crippen molar-refractivity contribution in [2.75, 3.05) is 5.32 Å². The van der Waals surface area contributed by atoms with Crippen molar-refractivity contribution in [1.29, 1.82) is 0 Å². The summed E-state index contributed by atoms with van der Waals surface area (Å²) in [6.07, 6.45) is 6.92. The molecule has 0 saturated heterocycles. The average molecular weight is 318 g/mol. The minimum Gasteiger partial charge on any atom is -0.327 e. The van der Waals surface area contributed by atoms with Crippen molar-refractivity contribution in [2.24, 2.45) is 11.7 Å². The first-order valence-electron chi connectivity index (χ1n) is 5.84. The summed E-state index contributed by atoms with van der Waals surface area (Å²) >= 11 is 4.74. The Hall–Kier alpha value is -0.460. The van der Waals surface area contributed by atoms with Crippen LogP contribution < -0.4 is 11.1 Å². The largest absolute Gasteiger partial charge is 0.327 e. The number of hydrogen-bond donors (Lipinski definition) is 2. The molecule has 2 rings (SSSR count). The smallest absolute Gasteiger partial charge is 0.230 e. The van der Waals surface area contributed by atoms with Gasteiger partial charge in [-0.25, -0.2) is 4.98 Å². The number of anilines is 1. The topological polar surface area (TPSA) is 68.0 Å². The normalized spacial score (nSPS) is 25.3. The molecule has 1 heterocycles. The number of thiazole rings is 1. The average Bonchev–Trinajstić information content (AvgIpc) is 2.57. The van der Waals surface area contributed by atoms with Crippen molar-refractivity contribution >= 4 is 38.3 Å². The Bertz CT molecular complexity index is 396. The van der Waals surface area contributed by atoms with Gasteiger partial charge in [0.05, 0.1) is 15.9 Å². The molecule has 1 fully saturated rings. The molecule has 2 atom stereocenters. The highest BCUT2D eigenvalue weighted by Crippen LogP contribution is 2.26. The summed E-state index contributed by atoms with van der Waals surface area (Å²) in [7, 11) is 0. The SMILES string of the molecule is NC1CCCCCC1C(=O)Nc1ncc(Br)s1. The molecule has 1 aliphatic rings. The van der Waals surface area contributed by atoms with E-state index in [0.29, 0.717) is 5.13 Å². The second-order valence-electron chi connectivity index (χ2n) is 4.37. The molecule has 0 aliphatic heterocycles. The van der Waals surface area contributed by atoms with Crippen molar-refractivity contribution in [3.8, 4) is 0 Å². The van der Waals surface area contributed by atoms with E-state index in [-0.39, 0.29) is 17.9 Å². The fourth-order valence-corrected chi connectivity index (χ4v) is 3.28. The van der Waals surface area contributed by atoms with Crippen LogP contribution >= 0.6 is 27.3 Å². The van der Waals surface area contributed by atoms with E-state index in [1.807, 2.05) is 0 Å². The molecule has 4 nitrogen and oxygen atoms in total. The number of halogens is 1. The number of carbonyl (C=O) groups excluding carboxylic acids is 1. The van der Waals surface area contributed by atoms with Crippen LogP contribution in [0.4, 0.5) is 5.13 Å². The van der Waals surface area contributed by atoms with Gasteiger partial charge in [-0.1, -0.05) is 30.6 Å². The molecule has 1 aromatic heterocycles. The van der Waals surface area contributed by atoms with Crippen LogP contribution in [0.5, 0.6) is 0 Å². The van der Waals surface area contributed by atoms with Crippen LogP contribution in [0, 0.1) is 5.92 Å². The first-order chi connectivity index (χ1) is 8.16. The van der Waals surface area contributed by atoms with Crippen LogP contribution in [0.3, 0.4) is 0 Å². The summed E-state index contributed by atoms with van der Waals surface area (Å²) in [6.45, 7) is 0. The second kappa shape index (κ2) is 5.93. The third-order valence-corrected chi connectivity index (χ3v) is 4.51. The van der Waals surface area contributed by atoms with Gasteiger partial charge in [0.2, 0.25) is 5.91 Å².